The fourth-order valence-corrected chi connectivity index (χ4v) is 2.32. The Morgan fingerprint density at radius 2 is 1.38 bits per heavy atom. The van der Waals surface area contributed by atoms with Crippen LogP contribution >= 0.6 is 0 Å². The van der Waals surface area contributed by atoms with Crippen LogP contribution in [0.25, 0.3) is 0 Å². The van der Waals surface area contributed by atoms with E-state index in [9.17, 15) is 5.11 Å². The van der Waals surface area contributed by atoms with Gasteiger partial charge in [0.15, 0.2) is 5.60 Å². The average molecular weight is 278 g/mol. The first kappa shape index (κ1) is 15.4. The smallest absolute Gasteiger partial charge is 0.176 e. The molecule has 2 rings (SSSR count). The van der Waals surface area contributed by atoms with E-state index in [1.54, 1.807) is 0 Å². The van der Waals surface area contributed by atoms with E-state index in [2.05, 4.69) is 18.8 Å². The summed E-state index contributed by atoms with van der Waals surface area (Å²) < 4.78 is 0. The monoisotopic (exact) mass is 278 g/mol. The fraction of sp³-hybridized carbons (Fsp3) is 0.300. The molecule has 1 nitrogen and oxygen atoms in total. The lowest BCUT2D eigenvalue weighted by Gasteiger charge is -2.23. The minimum absolute atomic E-state index is 0.819. The van der Waals surface area contributed by atoms with Gasteiger partial charge in [0.2, 0.25) is 0 Å². The van der Waals surface area contributed by atoms with Crippen LogP contribution in [0, 0.1) is 11.8 Å². The van der Waals surface area contributed by atoms with Crippen LogP contribution in [0.15, 0.2) is 60.7 Å². The van der Waals surface area contributed by atoms with E-state index in [-0.39, 0.29) is 0 Å². The zero-order valence-corrected chi connectivity index (χ0v) is 12.5. The molecule has 0 atom stereocenters. The summed E-state index contributed by atoms with van der Waals surface area (Å²) in [7, 11) is 0. The van der Waals surface area contributed by atoms with Crippen LogP contribution < -0.4 is 0 Å². The highest BCUT2D eigenvalue weighted by atomic mass is 16.3. The van der Waals surface area contributed by atoms with Crippen LogP contribution in [-0.4, -0.2) is 5.11 Å². The van der Waals surface area contributed by atoms with E-state index < -0.39 is 5.60 Å². The van der Waals surface area contributed by atoms with E-state index in [4.69, 9.17) is 0 Å². The second kappa shape index (κ2) is 7.67. The molecule has 2 aromatic carbocycles. The number of hydrogen-bond acceptors (Lipinski definition) is 1. The van der Waals surface area contributed by atoms with E-state index in [0.29, 0.717) is 0 Å². The van der Waals surface area contributed by atoms with E-state index in [1.807, 2.05) is 60.7 Å². The Labute approximate surface area is 127 Å². The van der Waals surface area contributed by atoms with Crippen LogP contribution in [0.1, 0.15) is 43.7 Å². The van der Waals surface area contributed by atoms with Gasteiger partial charge in [-0.1, -0.05) is 92.3 Å². The van der Waals surface area contributed by atoms with Gasteiger partial charge in [-0.3, -0.25) is 0 Å². The van der Waals surface area contributed by atoms with Crippen LogP contribution in [0.4, 0.5) is 0 Å². The Kier molecular flexibility index (Phi) is 5.60. The molecular formula is C20H22O. The molecule has 0 saturated heterocycles. The summed E-state index contributed by atoms with van der Waals surface area (Å²) in [6, 6.07) is 19.3. The molecular weight excluding hydrogens is 256 g/mol. The summed E-state index contributed by atoms with van der Waals surface area (Å²) in [5.74, 6) is 6.25. The van der Waals surface area contributed by atoms with Gasteiger partial charge < -0.3 is 5.11 Å². The van der Waals surface area contributed by atoms with Crippen molar-refractivity contribution in [2.75, 3.05) is 0 Å². The van der Waals surface area contributed by atoms with Gasteiger partial charge >= 0.3 is 0 Å². The number of aliphatic hydroxyl groups is 1. The summed E-state index contributed by atoms with van der Waals surface area (Å²) in [4.78, 5) is 0. The second-order valence-corrected chi connectivity index (χ2v) is 5.20. The highest BCUT2D eigenvalue weighted by molar-refractivity contribution is 5.44. The highest BCUT2D eigenvalue weighted by Gasteiger charge is 2.28. The van der Waals surface area contributed by atoms with Crippen molar-refractivity contribution in [1.82, 2.24) is 0 Å². The minimum Gasteiger partial charge on any atom is -0.369 e. The van der Waals surface area contributed by atoms with Crippen molar-refractivity contribution in [3.63, 3.8) is 0 Å². The molecule has 0 saturated carbocycles. The van der Waals surface area contributed by atoms with E-state index in [1.165, 1.54) is 12.8 Å². The Morgan fingerprint density at radius 1 is 0.857 bits per heavy atom. The van der Waals surface area contributed by atoms with Crippen LogP contribution in [0.2, 0.25) is 0 Å². The number of rotatable bonds is 5. The maximum absolute atomic E-state index is 11.1. The molecule has 0 fully saturated rings. The fourth-order valence-electron chi connectivity index (χ4n) is 2.32. The lowest BCUT2D eigenvalue weighted by atomic mass is 9.87. The summed E-state index contributed by atoms with van der Waals surface area (Å²) in [5.41, 5.74) is 0.410. The van der Waals surface area contributed by atoms with Gasteiger partial charge in [0.1, 0.15) is 0 Å². The van der Waals surface area contributed by atoms with Crippen molar-refractivity contribution in [3.8, 4) is 11.8 Å². The van der Waals surface area contributed by atoms with Crippen molar-refractivity contribution >= 4 is 0 Å². The third kappa shape index (κ3) is 3.97. The topological polar surface area (TPSA) is 20.2 Å². The molecule has 0 aliphatic carbocycles. The molecule has 0 heterocycles. The van der Waals surface area contributed by atoms with Crippen molar-refractivity contribution in [3.05, 3.63) is 71.8 Å². The molecule has 0 spiro atoms. The summed E-state index contributed by atoms with van der Waals surface area (Å²) in [6.45, 7) is 2.18. The third-order valence-electron chi connectivity index (χ3n) is 3.56. The second-order valence-electron chi connectivity index (χ2n) is 5.20. The first-order valence-electron chi connectivity index (χ1n) is 7.61. The molecule has 0 bridgehead atoms. The first-order chi connectivity index (χ1) is 10.3. The number of unbranched alkanes of at least 4 members (excludes halogenated alkanes) is 3. The SMILES string of the molecule is CCCCCC#CC(O)(c1ccccc1)c1ccccc1. The molecule has 0 aliphatic rings. The normalized spacial score (nSPS) is 10.8. The predicted molar refractivity (Wildman–Crippen MR) is 87.8 cm³/mol. The molecule has 2 aromatic rings. The van der Waals surface area contributed by atoms with Gasteiger partial charge in [0, 0.05) is 17.5 Å². The lowest BCUT2D eigenvalue weighted by molar-refractivity contribution is 0.145. The van der Waals surface area contributed by atoms with Gasteiger partial charge in [0.25, 0.3) is 0 Å². The van der Waals surface area contributed by atoms with Gasteiger partial charge in [-0.15, -0.1) is 0 Å². The standard InChI is InChI=1S/C20H22O/c1-2-3-4-5-12-17-20(21,18-13-8-6-9-14-18)19-15-10-7-11-16-19/h6-11,13-16,21H,2-5H2,1H3. The molecule has 108 valence electrons. The minimum atomic E-state index is -1.23. The van der Waals surface area contributed by atoms with Crippen LogP contribution in [-0.2, 0) is 5.60 Å². The molecule has 0 radical (unpaired) electrons. The van der Waals surface area contributed by atoms with Crippen molar-refractivity contribution in [2.45, 2.75) is 38.2 Å². The predicted octanol–water partition coefficient (Wildman–Crippen LogP) is 4.51. The zero-order valence-electron chi connectivity index (χ0n) is 12.5. The Morgan fingerprint density at radius 3 is 1.86 bits per heavy atom. The Hall–Kier alpha value is -2.04. The van der Waals surface area contributed by atoms with Gasteiger partial charge in [-0.05, 0) is 6.42 Å². The van der Waals surface area contributed by atoms with Gasteiger partial charge in [0.05, 0.1) is 0 Å². The first-order valence-corrected chi connectivity index (χ1v) is 7.61. The number of benzene rings is 2. The Bertz CT molecular complexity index is 550. The molecule has 0 aliphatic heterocycles. The van der Waals surface area contributed by atoms with Crippen molar-refractivity contribution in [1.29, 1.82) is 0 Å². The molecule has 0 unspecified atom stereocenters. The van der Waals surface area contributed by atoms with Gasteiger partial charge in [-0.2, -0.15) is 0 Å². The maximum Gasteiger partial charge on any atom is 0.176 e. The van der Waals surface area contributed by atoms with Crippen molar-refractivity contribution < 1.29 is 5.11 Å². The number of hydrogen-bond donors (Lipinski definition) is 1. The molecule has 1 heteroatoms. The summed E-state index contributed by atoms with van der Waals surface area (Å²) >= 11 is 0. The van der Waals surface area contributed by atoms with Gasteiger partial charge in [-0.25, -0.2) is 0 Å². The quantitative estimate of drug-likeness (QED) is 0.630. The van der Waals surface area contributed by atoms with E-state index in [0.717, 1.165) is 24.0 Å². The molecule has 21 heavy (non-hydrogen) atoms. The maximum atomic E-state index is 11.1. The lowest BCUT2D eigenvalue weighted by Crippen LogP contribution is -2.25. The molecule has 1 N–H and O–H groups in total. The van der Waals surface area contributed by atoms with E-state index >= 15 is 0 Å². The van der Waals surface area contributed by atoms with Crippen LogP contribution in [0.3, 0.4) is 0 Å². The molecule has 0 amide bonds. The average Bonchev–Trinajstić information content (AvgIpc) is 2.56. The highest BCUT2D eigenvalue weighted by Crippen LogP contribution is 2.28. The summed E-state index contributed by atoms with van der Waals surface area (Å²) in [6.07, 6.45) is 4.28. The molecule has 0 aromatic heterocycles. The summed E-state index contributed by atoms with van der Waals surface area (Å²) in [5, 5.41) is 11.1. The van der Waals surface area contributed by atoms with Crippen molar-refractivity contribution in [2.24, 2.45) is 0 Å². The van der Waals surface area contributed by atoms with Crippen LogP contribution in [0.5, 0.6) is 0 Å². The largest absolute Gasteiger partial charge is 0.369 e. The zero-order chi connectivity index (χ0) is 15.0. The third-order valence-corrected chi connectivity index (χ3v) is 3.56. The Balaban J connectivity index is 2.31.